The summed E-state index contributed by atoms with van der Waals surface area (Å²) in [5.41, 5.74) is 6.89. The van der Waals surface area contributed by atoms with Crippen LogP contribution in [0.5, 0.6) is 0 Å². The number of rotatable bonds is 3. The Bertz CT molecular complexity index is 482. The normalized spacial score (nSPS) is 22.7. The molecule has 2 heterocycles. The van der Waals surface area contributed by atoms with Crippen LogP contribution in [0.4, 0.5) is 14.5 Å². The van der Waals surface area contributed by atoms with E-state index in [0.717, 1.165) is 0 Å². The zero-order chi connectivity index (χ0) is 14.0. The second-order valence-electron chi connectivity index (χ2n) is 4.43. The van der Waals surface area contributed by atoms with Crippen LogP contribution < -0.4 is 11.1 Å². The van der Waals surface area contributed by atoms with E-state index in [9.17, 15) is 13.6 Å². The second kappa shape index (κ2) is 5.48. The number of hydrogen-bond acceptors (Lipinski definition) is 5. The average molecular weight is 271 g/mol. The first-order valence-corrected chi connectivity index (χ1v) is 5.91. The third kappa shape index (κ3) is 2.81. The van der Waals surface area contributed by atoms with Gasteiger partial charge in [0.25, 0.3) is 6.43 Å². The van der Waals surface area contributed by atoms with Crippen LogP contribution in [0.2, 0.25) is 0 Å². The summed E-state index contributed by atoms with van der Waals surface area (Å²) < 4.78 is 29.8. The number of carbonyl (C=O) groups is 1. The van der Waals surface area contributed by atoms with Crippen molar-refractivity contribution in [2.45, 2.75) is 31.4 Å². The monoisotopic (exact) mass is 271 g/mol. The predicted octanol–water partition coefficient (Wildman–Crippen LogP) is 1.51. The van der Waals surface area contributed by atoms with E-state index < -0.39 is 18.4 Å². The highest BCUT2D eigenvalue weighted by molar-refractivity contribution is 5.87. The summed E-state index contributed by atoms with van der Waals surface area (Å²) in [4.78, 5) is 15.3. The molecule has 1 aliphatic rings. The summed E-state index contributed by atoms with van der Waals surface area (Å²) in [6.07, 6.45) is -0.145. The van der Waals surface area contributed by atoms with Gasteiger partial charge >= 0.3 is 5.97 Å². The molecule has 1 aromatic heterocycles. The van der Waals surface area contributed by atoms with Gasteiger partial charge in [-0.2, -0.15) is 0 Å². The first kappa shape index (κ1) is 13.7. The lowest BCUT2D eigenvalue weighted by Gasteiger charge is -2.16. The lowest BCUT2D eigenvalue weighted by molar-refractivity contribution is 0.0593. The van der Waals surface area contributed by atoms with Crippen LogP contribution in [0, 0.1) is 0 Å². The fourth-order valence-electron chi connectivity index (χ4n) is 2.21. The fourth-order valence-corrected chi connectivity index (χ4v) is 2.21. The van der Waals surface area contributed by atoms with Crippen LogP contribution in [0.15, 0.2) is 12.3 Å². The largest absolute Gasteiger partial charge is 0.464 e. The smallest absolute Gasteiger partial charge is 0.356 e. The SMILES string of the molecule is COC(=O)c1cc(C2CCC(C(F)F)N2)c(N)cn1. The molecule has 3 N–H and O–H groups in total. The molecule has 1 aliphatic heterocycles. The fraction of sp³-hybridized carbons (Fsp3) is 0.500. The van der Waals surface area contributed by atoms with Gasteiger partial charge in [0.2, 0.25) is 0 Å². The van der Waals surface area contributed by atoms with E-state index in [1.54, 1.807) is 0 Å². The third-order valence-corrected chi connectivity index (χ3v) is 3.22. The van der Waals surface area contributed by atoms with Gasteiger partial charge in [0, 0.05) is 6.04 Å². The molecule has 5 nitrogen and oxygen atoms in total. The van der Waals surface area contributed by atoms with Crippen LogP contribution in [0.25, 0.3) is 0 Å². The highest BCUT2D eigenvalue weighted by Crippen LogP contribution is 2.32. The minimum absolute atomic E-state index is 0.119. The maximum atomic E-state index is 12.6. The van der Waals surface area contributed by atoms with Crippen molar-refractivity contribution in [3.63, 3.8) is 0 Å². The number of nitrogens with one attached hydrogen (secondary N) is 1. The summed E-state index contributed by atoms with van der Waals surface area (Å²) in [7, 11) is 1.25. The summed E-state index contributed by atoms with van der Waals surface area (Å²) >= 11 is 0. The van der Waals surface area contributed by atoms with E-state index in [0.29, 0.717) is 24.1 Å². The van der Waals surface area contributed by atoms with E-state index in [1.807, 2.05) is 0 Å². The van der Waals surface area contributed by atoms with Gasteiger partial charge in [0.05, 0.1) is 25.0 Å². The Balaban J connectivity index is 2.22. The van der Waals surface area contributed by atoms with E-state index in [1.165, 1.54) is 19.4 Å². The molecule has 1 saturated heterocycles. The van der Waals surface area contributed by atoms with Crippen LogP contribution >= 0.6 is 0 Å². The Morgan fingerprint density at radius 3 is 2.89 bits per heavy atom. The lowest BCUT2D eigenvalue weighted by Crippen LogP contribution is -2.31. The number of ether oxygens (including phenoxy) is 1. The summed E-state index contributed by atoms with van der Waals surface area (Å²) in [5, 5.41) is 2.82. The number of nitrogens with two attached hydrogens (primary N) is 1. The predicted molar refractivity (Wildman–Crippen MR) is 64.9 cm³/mol. The van der Waals surface area contributed by atoms with Crippen molar-refractivity contribution in [3.05, 3.63) is 23.5 Å². The minimum Gasteiger partial charge on any atom is -0.464 e. The standard InChI is InChI=1S/C12H15F2N3O2/c1-19-12(18)10-4-6(7(15)5-16-10)8-2-3-9(17-8)11(13)14/h4-5,8-9,11,17H,2-3,15H2,1H3. The number of nitrogen functional groups attached to an aromatic ring is 1. The Kier molecular flexibility index (Phi) is 3.94. The maximum Gasteiger partial charge on any atom is 0.356 e. The summed E-state index contributed by atoms with van der Waals surface area (Å²) in [6.45, 7) is 0. The highest BCUT2D eigenvalue weighted by Gasteiger charge is 2.32. The zero-order valence-electron chi connectivity index (χ0n) is 10.4. The van der Waals surface area contributed by atoms with Crippen molar-refractivity contribution < 1.29 is 18.3 Å². The van der Waals surface area contributed by atoms with E-state index >= 15 is 0 Å². The summed E-state index contributed by atoms with van der Waals surface area (Å²) in [5.74, 6) is -0.579. The number of esters is 1. The molecule has 1 aromatic rings. The number of alkyl halides is 2. The van der Waals surface area contributed by atoms with Crippen LogP contribution in [0.1, 0.15) is 34.9 Å². The van der Waals surface area contributed by atoms with Gasteiger partial charge in [0.15, 0.2) is 0 Å². The molecule has 7 heteroatoms. The van der Waals surface area contributed by atoms with Crippen molar-refractivity contribution in [2.75, 3.05) is 12.8 Å². The first-order valence-electron chi connectivity index (χ1n) is 5.91. The number of aromatic nitrogens is 1. The number of methoxy groups -OCH3 is 1. The third-order valence-electron chi connectivity index (χ3n) is 3.22. The molecule has 104 valence electrons. The number of nitrogens with zero attached hydrogens (tertiary/aromatic N) is 1. The highest BCUT2D eigenvalue weighted by atomic mass is 19.3. The Morgan fingerprint density at radius 2 is 2.32 bits per heavy atom. The summed E-state index contributed by atoms with van der Waals surface area (Å²) in [6, 6.07) is 0.372. The van der Waals surface area contributed by atoms with Crippen molar-refractivity contribution in [1.82, 2.24) is 10.3 Å². The van der Waals surface area contributed by atoms with Gasteiger partial charge in [-0.1, -0.05) is 0 Å². The maximum absolute atomic E-state index is 12.6. The molecule has 0 spiro atoms. The number of anilines is 1. The average Bonchev–Trinajstić information content (AvgIpc) is 2.88. The molecule has 0 bridgehead atoms. The van der Waals surface area contributed by atoms with E-state index in [-0.39, 0.29) is 11.7 Å². The molecule has 19 heavy (non-hydrogen) atoms. The van der Waals surface area contributed by atoms with Gasteiger partial charge in [0.1, 0.15) is 5.69 Å². The number of hydrogen-bond donors (Lipinski definition) is 2. The van der Waals surface area contributed by atoms with Gasteiger partial charge in [-0.25, -0.2) is 18.6 Å². The van der Waals surface area contributed by atoms with Crippen molar-refractivity contribution in [3.8, 4) is 0 Å². The van der Waals surface area contributed by atoms with E-state index in [2.05, 4.69) is 15.0 Å². The molecule has 0 aromatic carbocycles. The molecule has 2 atom stereocenters. The molecule has 0 radical (unpaired) electrons. The molecule has 0 aliphatic carbocycles. The Hall–Kier alpha value is -1.76. The van der Waals surface area contributed by atoms with Crippen molar-refractivity contribution in [1.29, 1.82) is 0 Å². The molecule has 0 amide bonds. The van der Waals surface area contributed by atoms with Crippen LogP contribution in [-0.4, -0.2) is 30.5 Å². The van der Waals surface area contributed by atoms with Crippen LogP contribution in [-0.2, 0) is 4.74 Å². The number of halogens is 2. The Morgan fingerprint density at radius 1 is 1.58 bits per heavy atom. The molecule has 2 rings (SSSR count). The van der Waals surface area contributed by atoms with E-state index in [4.69, 9.17) is 5.73 Å². The van der Waals surface area contributed by atoms with Crippen molar-refractivity contribution in [2.24, 2.45) is 0 Å². The molecule has 1 fully saturated rings. The quantitative estimate of drug-likeness (QED) is 0.815. The second-order valence-corrected chi connectivity index (χ2v) is 4.43. The van der Waals surface area contributed by atoms with Gasteiger partial charge in [-0.3, -0.25) is 0 Å². The lowest BCUT2D eigenvalue weighted by atomic mass is 10.0. The van der Waals surface area contributed by atoms with Gasteiger partial charge < -0.3 is 15.8 Å². The molecular weight excluding hydrogens is 256 g/mol. The molecule has 2 unspecified atom stereocenters. The topological polar surface area (TPSA) is 77.2 Å². The van der Waals surface area contributed by atoms with Crippen molar-refractivity contribution >= 4 is 11.7 Å². The Labute approximate surface area is 109 Å². The van der Waals surface area contributed by atoms with Gasteiger partial charge in [-0.15, -0.1) is 0 Å². The number of pyridine rings is 1. The van der Waals surface area contributed by atoms with Crippen LogP contribution in [0.3, 0.4) is 0 Å². The first-order chi connectivity index (χ1) is 9.02. The molecular formula is C12H15F2N3O2. The number of carbonyl (C=O) groups excluding carboxylic acids is 1. The zero-order valence-corrected chi connectivity index (χ0v) is 10.4. The van der Waals surface area contributed by atoms with Gasteiger partial charge in [-0.05, 0) is 24.5 Å². The minimum atomic E-state index is -2.41. The molecule has 0 saturated carbocycles.